The zero-order valence-electron chi connectivity index (χ0n) is 15.9. The van der Waals surface area contributed by atoms with E-state index in [9.17, 15) is 9.59 Å². The fourth-order valence-electron chi connectivity index (χ4n) is 3.22. The third kappa shape index (κ3) is 3.65. The summed E-state index contributed by atoms with van der Waals surface area (Å²) in [5.41, 5.74) is 6.84. The fraction of sp³-hybridized carbons (Fsp3) is 0.238. The molecule has 0 radical (unpaired) electrons. The Morgan fingerprint density at radius 3 is 2.41 bits per heavy atom. The van der Waals surface area contributed by atoms with Gasteiger partial charge in [0, 0.05) is 17.5 Å². The van der Waals surface area contributed by atoms with Gasteiger partial charge in [-0.25, -0.2) is 10.1 Å². The van der Waals surface area contributed by atoms with Crippen molar-refractivity contribution in [1.82, 2.24) is 15.2 Å². The Balaban J connectivity index is 1.94. The average molecular weight is 362 g/mol. The number of aryl methyl sites for hydroxylation is 4. The number of hydrazone groups is 1. The third-order valence-electron chi connectivity index (χ3n) is 4.48. The number of nitrogens with one attached hydrogen (secondary N) is 1. The van der Waals surface area contributed by atoms with Crippen molar-refractivity contribution in [2.24, 2.45) is 5.10 Å². The number of amides is 1. The predicted molar refractivity (Wildman–Crippen MR) is 107 cm³/mol. The van der Waals surface area contributed by atoms with Crippen LogP contribution in [0.1, 0.15) is 39.7 Å². The summed E-state index contributed by atoms with van der Waals surface area (Å²) in [7, 11) is 0. The highest BCUT2D eigenvalue weighted by molar-refractivity contribution is 6.05. The van der Waals surface area contributed by atoms with E-state index in [1.807, 2.05) is 27.7 Å². The van der Waals surface area contributed by atoms with Crippen molar-refractivity contribution in [2.45, 2.75) is 34.2 Å². The van der Waals surface area contributed by atoms with Crippen LogP contribution in [0.25, 0.3) is 10.8 Å². The molecule has 0 spiro atoms. The molecule has 138 valence electrons. The van der Waals surface area contributed by atoms with Crippen LogP contribution in [0.5, 0.6) is 0 Å². The Kier molecular flexibility index (Phi) is 5.16. The van der Waals surface area contributed by atoms with Crippen molar-refractivity contribution in [3.63, 3.8) is 0 Å². The minimum atomic E-state index is -0.452. The summed E-state index contributed by atoms with van der Waals surface area (Å²) in [6, 6.07) is 11.1. The zero-order valence-corrected chi connectivity index (χ0v) is 15.9. The van der Waals surface area contributed by atoms with Gasteiger partial charge in [-0.2, -0.15) is 10.2 Å². The number of hydrogen-bond acceptors (Lipinski definition) is 4. The number of nitrogens with zero attached hydrogens (tertiary/aromatic N) is 3. The van der Waals surface area contributed by atoms with Crippen LogP contribution in [0.4, 0.5) is 0 Å². The largest absolute Gasteiger partial charge is 0.292 e. The highest BCUT2D eigenvalue weighted by Crippen LogP contribution is 2.15. The molecule has 1 heterocycles. The summed E-state index contributed by atoms with van der Waals surface area (Å²) in [4.78, 5) is 25.0. The van der Waals surface area contributed by atoms with Crippen molar-refractivity contribution in [1.29, 1.82) is 0 Å². The lowest BCUT2D eigenvalue weighted by atomic mass is 10.0. The van der Waals surface area contributed by atoms with E-state index in [1.165, 1.54) is 10.2 Å². The number of carbonyl (C=O) groups is 1. The van der Waals surface area contributed by atoms with E-state index >= 15 is 0 Å². The van der Waals surface area contributed by atoms with Crippen LogP contribution in [0.2, 0.25) is 0 Å². The predicted octanol–water partition coefficient (Wildman–Crippen LogP) is 3.11. The first kappa shape index (κ1) is 18.5. The molecule has 0 aliphatic carbocycles. The van der Waals surface area contributed by atoms with Crippen molar-refractivity contribution < 1.29 is 4.79 Å². The van der Waals surface area contributed by atoms with Gasteiger partial charge >= 0.3 is 0 Å². The summed E-state index contributed by atoms with van der Waals surface area (Å²) in [6.07, 6.45) is 1.64. The minimum absolute atomic E-state index is 0.182. The highest BCUT2D eigenvalue weighted by Gasteiger charge is 2.15. The molecule has 0 fully saturated rings. The molecular formula is C21H22N4O2. The number of carbonyl (C=O) groups excluding carboxylic acids is 1. The molecule has 0 aliphatic rings. The second kappa shape index (κ2) is 7.53. The Bertz CT molecular complexity index is 1090. The van der Waals surface area contributed by atoms with Gasteiger partial charge in [-0.3, -0.25) is 9.59 Å². The Morgan fingerprint density at radius 1 is 1.15 bits per heavy atom. The van der Waals surface area contributed by atoms with Crippen molar-refractivity contribution in [3.8, 4) is 0 Å². The molecule has 1 amide bonds. The molecule has 27 heavy (non-hydrogen) atoms. The first-order valence-corrected chi connectivity index (χ1v) is 8.83. The van der Waals surface area contributed by atoms with Gasteiger partial charge in [0.25, 0.3) is 11.5 Å². The lowest BCUT2D eigenvalue weighted by Gasteiger charge is -2.09. The van der Waals surface area contributed by atoms with E-state index in [0.717, 1.165) is 16.7 Å². The van der Waals surface area contributed by atoms with E-state index in [2.05, 4.69) is 27.8 Å². The summed E-state index contributed by atoms with van der Waals surface area (Å²) < 4.78 is 1.29. The second-order valence-corrected chi connectivity index (χ2v) is 6.53. The van der Waals surface area contributed by atoms with Gasteiger partial charge < -0.3 is 0 Å². The van der Waals surface area contributed by atoms with Gasteiger partial charge in [0.15, 0.2) is 5.69 Å². The fourth-order valence-corrected chi connectivity index (χ4v) is 3.22. The van der Waals surface area contributed by atoms with Crippen LogP contribution in [0, 0.1) is 20.8 Å². The molecule has 3 aromatic rings. The Morgan fingerprint density at radius 2 is 1.78 bits per heavy atom. The maximum atomic E-state index is 12.6. The molecule has 0 saturated carbocycles. The van der Waals surface area contributed by atoms with Gasteiger partial charge in [0.1, 0.15) is 0 Å². The third-order valence-corrected chi connectivity index (χ3v) is 4.48. The maximum absolute atomic E-state index is 12.6. The van der Waals surface area contributed by atoms with Crippen LogP contribution in [0.15, 0.2) is 46.3 Å². The smallest absolute Gasteiger partial charge is 0.267 e. The maximum Gasteiger partial charge on any atom is 0.292 e. The molecule has 0 saturated heterocycles. The van der Waals surface area contributed by atoms with Crippen LogP contribution in [-0.2, 0) is 6.54 Å². The van der Waals surface area contributed by atoms with Crippen LogP contribution in [-0.4, -0.2) is 21.9 Å². The monoisotopic (exact) mass is 362 g/mol. The molecule has 1 aromatic heterocycles. The molecule has 6 nitrogen and oxygen atoms in total. The summed E-state index contributed by atoms with van der Waals surface area (Å²) in [6.45, 7) is 8.26. The van der Waals surface area contributed by atoms with Crippen molar-refractivity contribution in [2.75, 3.05) is 0 Å². The minimum Gasteiger partial charge on any atom is -0.267 e. The normalized spacial score (nSPS) is 11.3. The average Bonchev–Trinajstić information content (AvgIpc) is 2.64. The first-order valence-electron chi connectivity index (χ1n) is 8.83. The van der Waals surface area contributed by atoms with Gasteiger partial charge in [-0.05, 0) is 44.9 Å². The topological polar surface area (TPSA) is 76.3 Å². The summed E-state index contributed by atoms with van der Waals surface area (Å²) in [5, 5.41) is 9.29. The number of fused-ring (bicyclic) bond motifs is 1. The molecule has 3 rings (SSSR count). The zero-order chi connectivity index (χ0) is 19.6. The van der Waals surface area contributed by atoms with Crippen molar-refractivity contribution in [3.05, 3.63) is 74.7 Å². The lowest BCUT2D eigenvalue weighted by molar-refractivity contribution is 0.0949. The Labute approximate surface area is 157 Å². The van der Waals surface area contributed by atoms with Crippen LogP contribution in [0.3, 0.4) is 0 Å². The van der Waals surface area contributed by atoms with Crippen LogP contribution < -0.4 is 11.0 Å². The van der Waals surface area contributed by atoms with Gasteiger partial charge in [-0.15, -0.1) is 0 Å². The van der Waals surface area contributed by atoms with E-state index in [1.54, 1.807) is 30.5 Å². The van der Waals surface area contributed by atoms with Crippen LogP contribution >= 0.6 is 0 Å². The molecule has 2 aromatic carbocycles. The first-order chi connectivity index (χ1) is 12.9. The molecule has 0 bridgehead atoms. The molecule has 0 atom stereocenters. The second-order valence-electron chi connectivity index (χ2n) is 6.53. The molecule has 6 heteroatoms. The highest BCUT2D eigenvalue weighted by atomic mass is 16.2. The van der Waals surface area contributed by atoms with E-state index in [-0.39, 0.29) is 11.3 Å². The molecule has 0 unspecified atom stereocenters. The van der Waals surface area contributed by atoms with Gasteiger partial charge in [0.05, 0.1) is 11.6 Å². The number of benzene rings is 2. The molecular weight excluding hydrogens is 340 g/mol. The number of hydrogen-bond donors (Lipinski definition) is 1. The van der Waals surface area contributed by atoms with E-state index in [0.29, 0.717) is 17.3 Å². The van der Waals surface area contributed by atoms with Gasteiger partial charge in [-0.1, -0.05) is 35.9 Å². The Hall–Kier alpha value is -3.28. The lowest BCUT2D eigenvalue weighted by Crippen LogP contribution is -2.28. The molecule has 0 aliphatic heterocycles. The summed E-state index contributed by atoms with van der Waals surface area (Å²) >= 11 is 0. The quantitative estimate of drug-likeness (QED) is 0.572. The van der Waals surface area contributed by atoms with E-state index in [4.69, 9.17) is 0 Å². The van der Waals surface area contributed by atoms with E-state index < -0.39 is 5.91 Å². The molecule has 1 N–H and O–H groups in total. The van der Waals surface area contributed by atoms with Crippen molar-refractivity contribution >= 4 is 22.9 Å². The number of rotatable bonds is 4. The summed E-state index contributed by atoms with van der Waals surface area (Å²) in [5.74, 6) is -0.452. The standard InChI is InChI=1S/C21H22N4O2/c1-5-25-21(27)17-9-7-6-8-16(17)19(24-25)20(26)23-22-12-18-14(3)10-13(2)11-15(18)4/h6-12H,5H2,1-4H3,(H,23,26)/b22-12+. The van der Waals surface area contributed by atoms with Gasteiger partial charge in [0.2, 0.25) is 0 Å². The number of aromatic nitrogens is 2. The SMILES string of the molecule is CCn1nc(C(=O)N/N=C/c2c(C)cc(C)cc2C)c2ccccc2c1=O.